The maximum absolute atomic E-state index is 12.3. The second-order valence-electron chi connectivity index (χ2n) is 4.22. The summed E-state index contributed by atoms with van der Waals surface area (Å²) in [5, 5.41) is 7.56. The molecule has 0 aliphatic heterocycles. The molecule has 1 aromatic carbocycles. The molecule has 0 aliphatic carbocycles. The summed E-state index contributed by atoms with van der Waals surface area (Å²) in [6, 6.07) is 6.51. The van der Waals surface area contributed by atoms with E-state index in [1.807, 2.05) is 0 Å². The zero-order chi connectivity index (χ0) is 14.8. The molecule has 1 aromatic heterocycles. The Balaban J connectivity index is 2.38. The van der Waals surface area contributed by atoms with Gasteiger partial charge in [0.25, 0.3) is 16.0 Å². The topological polar surface area (TPSA) is 111 Å². The lowest BCUT2D eigenvalue weighted by molar-refractivity contribution is 0.599. The lowest BCUT2D eigenvalue weighted by Crippen LogP contribution is -2.18. The molecule has 3 N–H and O–H groups in total. The Bertz CT molecular complexity index is 730. The molecule has 0 amide bonds. The molecule has 2 aromatic rings. The van der Waals surface area contributed by atoms with Crippen LogP contribution in [-0.2, 0) is 16.6 Å². The molecule has 0 atom stereocenters. The molecular formula is C12H15N5O2S. The Hall–Kier alpha value is -2.06. The van der Waals surface area contributed by atoms with Crippen LogP contribution in [0.15, 0.2) is 29.2 Å². The number of hydrogen-bond donors (Lipinski definition) is 2. The summed E-state index contributed by atoms with van der Waals surface area (Å²) in [4.78, 5) is 4.16. The van der Waals surface area contributed by atoms with Gasteiger partial charge in [-0.2, -0.15) is 5.10 Å². The number of sulfonamides is 1. The molecule has 0 saturated heterocycles. The predicted molar refractivity (Wildman–Crippen MR) is 74.4 cm³/mol. The third-order valence-electron chi connectivity index (χ3n) is 2.80. The Morgan fingerprint density at radius 3 is 2.50 bits per heavy atom. The van der Waals surface area contributed by atoms with E-state index in [0.29, 0.717) is 17.0 Å². The summed E-state index contributed by atoms with van der Waals surface area (Å²) in [7, 11) is -3.78. The molecule has 7 nitrogen and oxygen atoms in total. The molecule has 0 bridgehead atoms. The number of nitrogens with one attached hydrogen (secondary N) is 1. The molecule has 8 heteroatoms. The molecular weight excluding hydrogens is 278 g/mol. The van der Waals surface area contributed by atoms with Crippen LogP contribution in [0, 0.1) is 13.8 Å². The van der Waals surface area contributed by atoms with E-state index in [9.17, 15) is 8.42 Å². The first-order valence-electron chi connectivity index (χ1n) is 5.93. The second kappa shape index (κ2) is 5.51. The summed E-state index contributed by atoms with van der Waals surface area (Å²) in [6.45, 7) is 3.61. The van der Waals surface area contributed by atoms with E-state index in [4.69, 9.17) is 5.73 Å². The van der Waals surface area contributed by atoms with Crippen molar-refractivity contribution in [2.24, 2.45) is 5.73 Å². The van der Waals surface area contributed by atoms with Gasteiger partial charge in [0.05, 0.1) is 16.3 Å². The van der Waals surface area contributed by atoms with Crippen LogP contribution in [0.3, 0.4) is 0 Å². The lowest BCUT2D eigenvalue weighted by Gasteiger charge is -2.10. The molecule has 0 unspecified atom stereocenters. The zero-order valence-electron chi connectivity index (χ0n) is 11.2. The van der Waals surface area contributed by atoms with Gasteiger partial charge in [0.2, 0.25) is 0 Å². The number of aryl methyl sites for hydroxylation is 2. The minimum Gasteiger partial charge on any atom is -0.326 e. The summed E-state index contributed by atoms with van der Waals surface area (Å²) < 4.78 is 26.9. The summed E-state index contributed by atoms with van der Waals surface area (Å²) in [5.74, 6) is -0.0556. The van der Waals surface area contributed by atoms with Crippen molar-refractivity contribution >= 4 is 16.0 Å². The number of hydrogen-bond acceptors (Lipinski definition) is 6. The number of benzene rings is 1. The third kappa shape index (κ3) is 2.91. The Morgan fingerprint density at radius 2 is 1.85 bits per heavy atom. The Kier molecular flexibility index (Phi) is 3.96. The highest BCUT2D eigenvalue weighted by Gasteiger charge is 2.19. The second-order valence-corrected chi connectivity index (χ2v) is 5.87. The van der Waals surface area contributed by atoms with E-state index in [2.05, 4.69) is 19.9 Å². The minimum absolute atomic E-state index is 0.0556. The molecule has 1 heterocycles. The van der Waals surface area contributed by atoms with E-state index in [0.717, 1.165) is 0 Å². The van der Waals surface area contributed by atoms with E-state index < -0.39 is 10.0 Å². The smallest absolute Gasteiger partial charge is 0.264 e. The van der Waals surface area contributed by atoms with Crippen molar-refractivity contribution < 1.29 is 8.42 Å². The van der Waals surface area contributed by atoms with Gasteiger partial charge in [0, 0.05) is 6.54 Å². The number of anilines is 1. The molecule has 106 valence electrons. The van der Waals surface area contributed by atoms with Gasteiger partial charge in [0.15, 0.2) is 0 Å². The molecule has 0 spiro atoms. The van der Waals surface area contributed by atoms with E-state index >= 15 is 0 Å². The normalized spacial score (nSPS) is 11.3. The van der Waals surface area contributed by atoms with Gasteiger partial charge in [-0.05, 0) is 25.5 Å². The van der Waals surface area contributed by atoms with E-state index in [1.165, 1.54) is 6.07 Å². The van der Waals surface area contributed by atoms with Crippen molar-refractivity contribution in [1.82, 2.24) is 15.2 Å². The van der Waals surface area contributed by atoms with Crippen molar-refractivity contribution in [3.8, 4) is 0 Å². The molecule has 2 rings (SSSR count). The average Bonchev–Trinajstić information content (AvgIpc) is 2.42. The van der Waals surface area contributed by atoms with Crippen LogP contribution in [0.5, 0.6) is 0 Å². The van der Waals surface area contributed by atoms with E-state index in [-0.39, 0.29) is 17.4 Å². The van der Waals surface area contributed by atoms with Crippen molar-refractivity contribution in [3.63, 3.8) is 0 Å². The van der Waals surface area contributed by atoms with Crippen molar-refractivity contribution in [3.05, 3.63) is 41.2 Å². The van der Waals surface area contributed by atoms with Crippen LogP contribution >= 0.6 is 0 Å². The molecule has 20 heavy (non-hydrogen) atoms. The zero-order valence-corrected chi connectivity index (χ0v) is 12.0. The Morgan fingerprint density at radius 1 is 1.15 bits per heavy atom. The van der Waals surface area contributed by atoms with Gasteiger partial charge in [-0.15, -0.1) is 5.10 Å². The van der Waals surface area contributed by atoms with E-state index in [1.54, 1.807) is 32.0 Å². The standard InChI is InChI=1S/C12H15N5O2S/c1-8-9(2)15-16-12(14-8)17-20(18,19)11-6-4-3-5-10(11)7-13/h3-6H,7,13H2,1-2H3,(H,14,16,17). The number of aromatic nitrogens is 3. The maximum Gasteiger partial charge on any atom is 0.264 e. The van der Waals surface area contributed by atoms with Crippen LogP contribution < -0.4 is 10.5 Å². The first-order valence-corrected chi connectivity index (χ1v) is 7.41. The van der Waals surface area contributed by atoms with Gasteiger partial charge < -0.3 is 5.73 Å². The molecule has 0 aliphatic rings. The van der Waals surface area contributed by atoms with Crippen LogP contribution in [0.25, 0.3) is 0 Å². The predicted octanol–water partition coefficient (Wildman–Crippen LogP) is 0.748. The molecule has 0 fully saturated rings. The molecule has 0 radical (unpaired) electrons. The van der Waals surface area contributed by atoms with Crippen molar-refractivity contribution in [1.29, 1.82) is 0 Å². The average molecular weight is 293 g/mol. The van der Waals surface area contributed by atoms with Crippen LogP contribution in [0.2, 0.25) is 0 Å². The monoisotopic (exact) mass is 293 g/mol. The van der Waals surface area contributed by atoms with Crippen molar-refractivity contribution in [2.45, 2.75) is 25.3 Å². The van der Waals surface area contributed by atoms with Crippen LogP contribution in [0.1, 0.15) is 17.0 Å². The first kappa shape index (κ1) is 14.4. The number of rotatable bonds is 4. The first-order chi connectivity index (χ1) is 9.44. The summed E-state index contributed by atoms with van der Waals surface area (Å²) in [6.07, 6.45) is 0. The highest BCUT2D eigenvalue weighted by atomic mass is 32.2. The molecule has 0 saturated carbocycles. The quantitative estimate of drug-likeness (QED) is 0.860. The van der Waals surface area contributed by atoms with Crippen LogP contribution in [-0.4, -0.2) is 23.6 Å². The van der Waals surface area contributed by atoms with Gasteiger partial charge in [-0.25, -0.2) is 18.1 Å². The van der Waals surface area contributed by atoms with Crippen LogP contribution in [0.4, 0.5) is 5.95 Å². The fourth-order valence-electron chi connectivity index (χ4n) is 1.61. The number of nitrogens with zero attached hydrogens (tertiary/aromatic N) is 3. The van der Waals surface area contributed by atoms with Crippen molar-refractivity contribution in [2.75, 3.05) is 4.72 Å². The number of nitrogens with two attached hydrogens (primary N) is 1. The van der Waals surface area contributed by atoms with Gasteiger partial charge in [-0.1, -0.05) is 18.2 Å². The fourth-order valence-corrected chi connectivity index (χ4v) is 2.80. The van der Waals surface area contributed by atoms with Gasteiger partial charge in [0.1, 0.15) is 0 Å². The lowest BCUT2D eigenvalue weighted by atomic mass is 10.2. The minimum atomic E-state index is -3.78. The van der Waals surface area contributed by atoms with Gasteiger partial charge >= 0.3 is 0 Å². The third-order valence-corrected chi connectivity index (χ3v) is 4.23. The SMILES string of the molecule is Cc1nnc(NS(=O)(=O)c2ccccc2CN)nc1C. The summed E-state index contributed by atoms with van der Waals surface area (Å²) >= 11 is 0. The Labute approximate surface area is 117 Å². The maximum atomic E-state index is 12.3. The fraction of sp³-hybridized carbons (Fsp3) is 0.250. The largest absolute Gasteiger partial charge is 0.326 e. The van der Waals surface area contributed by atoms with Gasteiger partial charge in [-0.3, -0.25) is 0 Å². The highest BCUT2D eigenvalue weighted by Crippen LogP contribution is 2.17. The summed E-state index contributed by atoms with van der Waals surface area (Å²) in [5.41, 5.74) is 7.34. The highest BCUT2D eigenvalue weighted by molar-refractivity contribution is 7.92.